The van der Waals surface area contributed by atoms with Crippen molar-refractivity contribution in [2.24, 2.45) is 0 Å². The number of thioether (sulfide) groups is 1. The topological polar surface area (TPSA) is 49.3 Å². The fourth-order valence-corrected chi connectivity index (χ4v) is 2.79. The van der Waals surface area contributed by atoms with Gasteiger partial charge < -0.3 is 10.4 Å². The van der Waals surface area contributed by atoms with Crippen LogP contribution >= 0.6 is 11.8 Å². The van der Waals surface area contributed by atoms with Gasteiger partial charge in [0.2, 0.25) is 0 Å². The van der Waals surface area contributed by atoms with Crippen molar-refractivity contribution in [1.29, 1.82) is 0 Å². The third-order valence-electron chi connectivity index (χ3n) is 3.46. The second kappa shape index (κ2) is 6.34. The maximum Gasteiger partial charge on any atom is 0.251 e. The Morgan fingerprint density at radius 1 is 1.45 bits per heavy atom. The Labute approximate surface area is 124 Å². The first-order valence-corrected chi connectivity index (χ1v) is 7.86. The molecule has 1 fully saturated rings. The van der Waals surface area contributed by atoms with E-state index in [1.807, 2.05) is 30.8 Å². The minimum absolute atomic E-state index is 0.0546. The molecule has 2 N–H and O–H groups in total. The van der Waals surface area contributed by atoms with Crippen LogP contribution in [0.2, 0.25) is 0 Å². The Hall–Kier alpha value is -1.44. The van der Waals surface area contributed by atoms with Crippen LogP contribution in [0.5, 0.6) is 0 Å². The van der Waals surface area contributed by atoms with Gasteiger partial charge in [-0.2, -0.15) is 11.8 Å². The van der Waals surface area contributed by atoms with Gasteiger partial charge in [-0.15, -0.1) is 0 Å². The number of hydrogen-bond acceptors (Lipinski definition) is 3. The fourth-order valence-electron chi connectivity index (χ4n) is 2.06. The molecule has 1 aromatic rings. The van der Waals surface area contributed by atoms with Gasteiger partial charge in [0.15, 0.2) is 0 Å². The van der Waals surface area contributed by atoms with Crippen LogP contribution in [0.25, 0.3) is 0 Å². The van der Waals surface area contributed by atoms with E-state index in [-0.39, 0.29) is 17.3 Å². The summed E-state index contributed by atoms with van der Waals surface area (Å²) in [7, 11) is 0. The van der Waals surface area contributed by atoms with E-state index in [0.29, 0.717) is 5.56 Å². The van der Waals surface area contributed by atoms with Gasteiger partial charge in [0.05, 0.1) is 0 Å². The number of amides is 1. The van der Waals surface area contributed by atoms with Crippen molar-refractivity contribution in [2.75, 3.05) is 19.4 Å². The summed E-state index contributed by atoms with van der Waals surface area (Å²) in [5, 5.41) is 11.7. The first kappa shape index (κ1) is 15.0. The van der Waals surface area contributed by atoms with Crippen LogP contribution in [-0.2, 0) is 0 Å². The zero-order valence-corrected chi connectivity index (χ0v) is 12.6. The lowest BCUT2D eigenvalue weighted by molar-refractivity contribution is 0.0953. The van der Waals surface area contributed by atoms with E-state index >= 15 is 0 Å². The maximum atomic E-state index is 12.2. The van der Waals surface area contributed by atoms with Crippen LogP contribution < -0.4 is 5.32 Å². The third-order valence-corrected chi connectivity index (χ3v) is 4.88. The number of benzene rings is 1. The van der Waals surface area contributed by atoms with E-state index in [1.165, 1.54) is 12.8 Å². The molecule has 0 unspecified atom stereocenters. The molecule has 2 rings (SSSR count). The largest absolute Gasteiger partial charge is 0.384 e. The zero-order chi connectivity index (χ0) is 14.6. The molecular weight excluding hydrogens is 270 g/mol. The minimum atomic E-state index is -0.175. The number of carbonyl (C=O) groups excluding carboxylic acids is 1. The molecule has 0 saturated heterocycles. The molecular formula is C16H19NO2S. The molecule has 0 aliphatic heterocycles. The van der Waals surface area contributed by atoms with Gasteiger partial charge in [-0.25, -0.2) is 0 Å². The van der Waals surface area contributed by atoms with Gasteiger partial charge in [-0.3, -0.25) is 4.79 Å². The highest BCUT2D eigenvalue weighted by Gasteiger charge is 2.41. The predicted octanol–water partition coefficient (Wildman–Crippen LogP) is 1.96. The van der Waals surface area contributed by atoms with Gasteiger partial charge in [-0.1, -0.05) is 11.8 Å². The van der Waals surface area contributed by atoms with E-state index in [1.54, 1.807) is 6.07 Å². The van der Waals surface area contributed by atoms with E-state index in [4.69, 9.17) is 5.11 Å². The SMILES string of the molecule is CSC1(CNC(=O)c2cc(C)cc(C#CCO)c2)CC1. The molecule has 0 spiro atoms. The summed E-state index contributed by atoms with van der Waals surface area (Å²) < 4.78 is 0.263. The summed E-state index contributed by atoms with van der Waals surface area (Å²) in [5.74, 6) is 5.39. The van der Waals surface area contributed by atoms with Crippen LogP contribution in [-0.4, -0.2) is 35.2 Å². The predicted molar refractivity (Wildman–Crippen MR) is 83.0 cm³/mol. The van der Waals surface area contributed by atoms with Crippen molar-refractivity contribution in [3.05, 3.63) is 34.9 Å². The molecule has 106 valence electrons. The van der Waals surface area contributed by atoms with Crippen LogP contribution in [0, 0.1) is 18.8 Å². The second-order valence-corrected chi connectivity index (χ2v) is 6.39. The average molecular weight is 289 g/mol. The number of rotatable bonds is 4. The van der Waals surface area contributed by atoms with Crippen LogP contribution in [0.4, 0.5) is 0 Å². The number of nitrogens with one attached hydrogen (secondary N) is 1. The van der Waals surface area contributed by atoms with Crippen molar-refractivity contribution in [3.8, 4) is 11.8 Å². The molecule has 1 aliphatic carbocycles. The summed E-state index contributed by atoms with van der Waals surface area (Å²) in [6, 6.07) is 5.53. The number of aliphatic hydroxyl groups is 1. The maximum absolute atomic E-state index is 12.2. The van der Waals surface area contributed by atoms with E-state index < -0.39 is 0 Å². The van der Waals surface area contributed by atoms with Gasteiger partial charge in [0.1, 0.15) is 6.61 Å². The molecule has 0 bridgehead atoms. The van der Waals surface area contributed by atoms with Crippen LogP contribution in [0.1, 0.15) is 34.3 Å². The molecule has 0 atom stereocenters. The first-order chi connectivity index (χ1) is 9.58. The molecule has 0 heterocycles. The van der Waals surface area contributed by atoms with Crippen molar-refractivity contribution >= 4 is 17.7 Å². The lowest BCUT2D eigenvalue weighted by atomic mass is 10.1. The van der Waals surface area contributed by atoms with Crippen molar-refractivity contribution in [2.45, 2.75) is 24.5 Å². The Morgan fingerprint density at radius 2 is 2.20 bits per heavy atom. The average Bonchev–Trinajstić information content (AvgIpc) is 3.22. The monoisotopic (exact) mass is 289 g/mol. The molecule has 20 heavy (non-hydrogen) atoms. The van der Waals surface area contributed by atoms with E-state index in [9.17, 15) is 4.79 Å². The van der Waals surface area contributed by atoms with Crippen molar-refractivity contribution in [3.63, 3.8) is 0 Å². The first-order valence-electron chi connectivity index (χ1n) is 6.63. The van der Waals surface area contributed by atoms with Gasteiger partial charge in [0, 0.05) is 22.4 Å². The Balaban J connectivity index is 2.07. The number of aryl methyl sites for hydroxylation is 1. The fraction of sp³-hybridized carbons (Fsp3) is 0.438. The number of carbonyl (C=O) groups is 1. The smallest absolute Gasteiger partial charge is 0.251 e. The van der Waals surface area contributed by atoms with Crippen LogP contribution in [0.15, 0.2) is 18.2 Å². The van der Waals surface area contributed by atoms with Crippen molar-refractivity contribution < 1.29 is 9.90 Å². The third kappa shape index (κ3) is 3.78. The molecule has 1 amide bonds. The Bertz CT molecular complexity index is 568. The number of hydrogen-bond donors (Lipinski definition) is 2. The molecule has 1 saturated carbocycles. The quantitative estimate of drug-likeness (QED) is 0.833. The van der Waals surface area contributed by atoms with Crippen LogP contribution in [0.3, 0.4) is 0 Å². The minimum Gasteiger partial charge on any atom is -0.384 e. The summed E-state index contributed by atoms with van der Waals surface area (Å²) >= 11 is 1.83. The van der Waals surface area contributed by atoms with Gasteiger partial charge >= 0.3 is 0 Å². The normalized spacial score (nSPS) is 15.2. The molecule has 4 heteroatoms. The molecule has 0 aromatic heterocycles. The second-order valence-electron chi connectivity index (χ2n) is 5.12. The van der Waals surface area contributed by atoms with Crippen molar-refractivity contribution in [1.82, 2.24) is 5.32 Å². The lowest BCUT2D eigenvalue weighted by Crippen LogP contribution is -2.31. The van der Waals surface area contributed by atoms with Gasteiger partial charge in [-0.05, 0) is 49.8 Å². The Morgan fingerprint density at radius 3 is 2.80 bits per heavy atom. The van der Waals surface area contributed by atoms with E-state index in [0.717, 1.165) is 17.7 Å². The summed E-state index contributed by atoms with van der Waals surface area (Å²) in [5.41, 5.74) is 2.38. The summed E-state index contributed by atoms with van der Waals surface area (Å²) in [6.45, 7) is 2.48. The lowest BCUT2D eigenvalue weighted by Gasteiger charge is -2.13. The van der Waals surface area contributed by atoms with E-state index in [2.05, 4.69) is 23.4 Å². The summed E-state index contributed by atoms with van der Waals surface area (Å²) in [4.78, 5) is 12.2. The zero-order valence-electron chi connectivity index (χ0n) is 11.8. The standard InChI is InChI=1S/C16H19NO2S/c1-12-8-13(4-3-7-18)10-14(9-12)15(19)17-11-16(20-2)5-6-16/h8-10,18H,5-7,11H2,1-2H3,(H,17,19). The highest BCUT2D eigenvalue weighted by molar-refractivity contribution is 8.00. The molecule has 0 radical (unpaired) electrons. The number of aliphatic hydroxyl groups excluding tert-OH is 1. The molecule has 1 aliphatic rings. The van der Waals surface area contributed by atoms with Gasteiger partial charge in [0.25, 0.3) is 5.91 Å². The molecule has 3 nitrogen and oxygen atoms in total. The highest BCUT2D eigenvalue weighted by atomic mass is 32.2. The highest BCUT2D eigenvalue weighted by Crippen LogP contribution is 2.46. The summed E-state index contributed by atoms with van der Waals surface area (Å²) in [6.07, 6.45) is 4.44. The molecule has 1 aromatic carbocycles. The Kier molecular flexibility index (Phi) is 4.74.